The summed E-state index contributed by atoms with van der Waals surface area (Å²) in [6.07, 6.45) is 1.36. The largest absolute Gasteiger partial charge is 0.298 e. The van der Waals surface area contributed by atoms with Crippen LogP contribution in [-0.2, 0) is 16.1 Å². The van der Waals surface area contributed by atoms with Crippen LogP contribution in [0.25, 0.3) is 0 Å². The van der Waals surface area contributed by atoms with Gasteiger partial charge in [0.1, 0.15) is 12.1 Å². The minimum absolute atomic E-state index is 0.00430. The molecule has 0 saturated carbocycles. The van der Waals surface area contributed by atoms with E-state index >= 15 is 0 Å². The lowest BCUT2D eigenvalue weighted by Gasteiger charge is -2.30. The molecule has 1 heterocycles. The number of carbonyl (C=O) groups is 3. The number of piperidine rings is 1. The van der Waals surface area contributed by atoms with Crippen LogP contribution in [0, 0.1) is 11.7 Å². The molecule has 1 aromatic carbocycles. The van der Waals surface area contributed by atoms with E-state index in [0.29, 0.717) is 36.8 Å². The van der Waals surface area contributed by atoms with Gasteiger partial charge in [-0.1, -0.05) is 40.7 Å². The quantitative estimate of drug-likeness (QED) is 0.627. The van der Waals surface area contributed by atoms with Crippen LogP contribution in [0.3, 0.4) is 0 Å². The van der Waals surface area contributed by atoms with E-state index in [4.69, 9.17) is 0 Å². The lowest BCUT2D eigenvalue weighted by Crippen LogP contribution is -2.51. The molecule has 1 aromatic rings. The summed E-state index contributed by atoms with van der Waals surface area (Å²) in [4.78, 5) is 36.1. The van der Waals surface area contributed by atoms with Crippen molar-refractivity contribution in [2.45, 2.75) is 66.0 Å². The summed E-state index contributed by atoms with van der Waals surface area (Å²) in [7, 11) is 1.76. The first kappa shape index (κ1) is 23.0. The van der Waals surface area contributed by atoms with Crippen LogP contribution in [0.1, 0.15) is 74.9 Å². The zero-order valence-corrected chi connectivity index (χ0v) is 17.1. The number of hydrogen-bond donors (Lipinski definition) is 1. The fourth-order valence-corrected chi connectivity index (χ4v) is 2.82. The molecule has 1 saturated heterocycles. The Balaban J connectivity index is 0.000000828. The van der Waals surface area contributed by atoms with E-state index in [1.54, 1.807) is 18.0 Å². The third-order valence-electron chi connectivity index (χ3n) is 4.17. The summed E-state index contributed by atoms with van der Waals surface area (Å²) in [6.45, 7) is 10.6. The molecule has 1 aliphatic heterocycles. The Bertz CT molecular complexity index is 683. The SMILES string of the molecule is CC(C)C.CC(C)c1cc(CN(C)C2CCC(=O)NC2=O)c(C=O)cc1F. The zero-order chi connectivity index (χ0) is 20.7. The molecule has 0 aliphatic carbocycles. The fourth-order valence-electron chi connectivity index (χ4n) is 2.82. The van der Waals surface area contributed by atoms with Gasteiger partial charge in [-0.25, -0.2) is 4.39 Å². The number of amides is 2. The molecule has 5 nitrogen and oxygen atoms in total. The van der Waals surface area contributed by atoms with Crippen molar-refractivity contribution in [3.8, 4) is 0 Å². The monoisotopic (exact) mass is 378 g/mol. The van der Waals surface area contributed by atoms with Crippen LogP contribution in [0.15, 0.2) is 12.1 Å². The van der Waals surface area contributed by atoms with Gasteiger partial charge in [-0.2, -0.15) is 0 Å². The Morgan fingerprint density at radius 3 is 2.30 bits per heavy atom. The second kappa shape index (κ2) is 10.3. The number of aldehydes is 1. The van der Waals surface area contributed by atoms with Gasteiger partial charge in [-0.15, -0.1) is 0 Å². The van der Waals surface area contributed by atoms with E-state index in [1.807, 2.05) is 13.8 Å². The van der Waals surface area contributed by atoms with Crippen molar-refractivity contribution in [1.29, 1.82) is 0 Å². The van der Waals surface area contributed by atoms with Crippen LogP contribution in [0.5, 0.6) is 0 Å². The molecule has 150 valence electrons. The van der Waals surface area contributed by atoms with Crippen LogP contribution >= 0.6 is 0 Å². The third-order valence-corrected chi connectivity index (χ3v) is 4.17. The van der Waals surface area contributed by atoms with E-state index in [0.717, 1.165) is 5.92 Å². The molecule has 0 aromatic heterocycles. The Morgan fingerprint density at radius 2 is 1.81 bits per heavy atom. The van der Waals surface area contributed by atoms with E-state index in [9.17, 15) is 18.8 Å². The molecule has 1 fully saturated rings. The number of likely N-dealkylation sites (N-methyl/N-ethyl adjacent to an activating group) is 1. The summed E-state index contributed by atoms with van der Waals surface area (Å²) in [5.74, 6) is -0.162. The predicted octanol–water partition coefficient (Wildman–Crippen LogP) is 3.66. The molecule has 2 rings (SSSR count). The highest BCUT2D eigenvalue weighted by atomic mass is 19.1. The highest BCUT2D eigenvalue weighted by molar-refractivity contribution is 6.00. The molecular weight excluding hydrogens is 347 g/mol. The standard InChI is InChI=1S/C17H21FN2O3.C4H10/c1-10(2)13-6-11(12(9-21)7-14(13)18)8-20(3)15-4-5-16(22)19-17(15)23;1-4(2)3/h6-7,9-10,15H,4-5,8H2,1-3H3,(H,19,22,23);4H,1-3H3. The number of nitrogens with one attached hydrogen (secondary N) is 1. The number of carbonyl (C=O) groups excluding carboxylic acids is 3. The smallest absolute Gasteiger partial charge is 0.243 e. The van der Waals surface area contributed by atoms with Gasteiger partial charge >= 0.3 is 0 Å². The molecule has 2 amide bonds. The van der Waals surface area contributed by atoms with Crippen molar-refractivity contribution in [2.24, 2.45) is 5.92 Å². The third kappa shape index (κ3) is 6.86. The van der Waals surface area contributed by atoms with Gasteiger partial charge in [-0.05, 0) is 42.5 Å². The summed E-state index contributed by atoms with van der Waals surface area (Å²) in [5, 5.41) is 2.31. The molecule has 1 N–H and O–H groups in total. The molecule has 27 heavy (non-hydrogen) atoms. The van der Waals surface area contributed by atoms with Crippen LogP contribution in [0.4, 0.5) is 4.39 Å². The van der Waals surface area contributed by atoms with E-state index in [2.05, 4.69) is 26.1 Å². The van der Waals surface area contributed by atoms with Crippen LogP contribution < -0.4 is 5.32 Å². The first-order chi connectivity index (χ1) is 12.6. The number of benzene rings is 1. The Hall–Kier alpha value is -2.08. The average molecular weight is 378 g/mol. The summed E-state index contributed by atoms with van der Waals surface area (Å²) < 4.78 is 14.0. The number of nitrogens with zero attached hydrogens (tertiary/aromatic N) is 1. The molecule has 1 aliphatic rings. The highest BCUT2D eigenvalue weighted by Crippen LogP contribution is 2.24. The van der Waals surface area contributed by atoms with E-state index in [1.165, 1.54) is 6.07 Å². The summed E-state index contributed by atoms with van der Waals surface area (Å²) in [5.41, 5.74) is 1.51. The summed E-state index contributed by atoms with van der Waals surface area (Å²) >= 11 is 0. The highest BCUT2D eigenvalue weighted by Gasteiger charge is 2.30. The minimum atomic E-state index is -0.431. The Kier molecular flexibility index (Phi) is 8.76. The molecule has 6 heteroatoms. The van der Waals surface area contributed by atoms with Gasteiger partial charge in [0.15, 0.2) is 0 Å². The maximum Gasteiger partial charge on any atom is 0.243 e. The molecule has 1 unspecified atom stereocenters. The van der Waals surface area contributed by atoms with Gasteiger partial charge in [0.2, 0.25) is 11.8 Å². The number of halogens is 1. The minimum Gasteiger partial charge on any atom is -0.298 e. The lowest BCUT2D eigenvalue weighted by atomic mass is 9.96. The molecule has 0 radical (unpaired) electrons. The fraction of sp³-hybridized carbons (Fsp3) is 0.571. The van der Waals surface area contributed by atoms with Crippen molar-refractivity contribution < 1.29 is 18.8 Å². The van der Waals surface area contributed by atoms with Gasteiger partial charge in [0.05, 0.1) is 6.04 Å². The topological polar surface area (TPSA) is 66.5 Å². The number of imide groups is 1. The van der Waals surface area contributed by atoms with Gasteiger partial charge in [0, 0.05) is 18.5 Å². The normalized spacial score (nSPS) is 17.0. The van der Waals surface area contributed by atoms with Crippen molar-refractivity contribution >= 4 is 18.1 Å². The first-order valence-corrected chi connectivity index (χ1v) is 9.38. The number of hydrogen-bond acceptors (Lipinski definition) is 4. The van der Waals surface area contributed by atoms with Crippen molar-refractivity contribution in [3.63, 3.8) is 0 Å². The molecule has 1 atom stereocenters. The predicted molar refractivity (Wildman–Crippen MR) is 104 cm³/mol. The maximum absolute atomic E-state index is 14.0. The molecular formula is C21H31FN2O3. The second-order valence-corrected chi connectivity index (χ2v) is 7.96. The zero-order valence-electron chi connectivity index (χ0n) is 17.1. The average Bonchev–Trinajstić information content (AvgIpc) is 2.55. The van der Waals surface area contributed by atoms with Crippen molar-refractivity contribution in [1.82, 2.24) is 10.2 Å². The Labute approximate surface area is 161 Å². The van der Waals surface area contributed by atoms with Crippen molar-refractivity contribution in [2.75, 3.05) is 7.05 Å². The first-order valence-electron chi connectivity index (χ1n) is 9.38. The van der Waals surface area contributed by atoms with Gasteiger partial charge in [0.25, 0.3) is 0 Å². The van der Waals surface area contributed by atoms with Crippen LogP contribution in [0.2, 0.25) is 0 Å². The van der Waals surface area contributed by atoms with Crippen LogP contribution in [-0.4, -0.2) is 36.1 Å². The second-order valence-electron chi connectivity index (χ2n) is 7.96. The van der Waals surface area contributed by atoms with Crippen molar-refractivity contribution in [3.05, 3.63) is 34.6 Å². The maximum atomic E-state index is 14.0. The lowest BCUT2D eigenvalue weighted by molar-refractivity contribution is -0.137. The Morgan fingerprint density at radius 1 is 1.22 bits per heavy atom. The summed E-state index contributed by atoms with van der Waals surface area (Å²) in [6, 6.07) is 2.50. The molecule has 0 spiro atoms. The van der Waals surface area contributed by atoms with Gasteiger partial charge < -0.3 is 0 Å². The van der Waals surface area contributed by atoms with E-state index < -0.39 is 11.9 Å². The van der Waals surface area contributed by atoms with E-state index in [-0.39, 0.29) is 23.3 Å². The molecule has 0 bridgehead atoms. The van der Waals surface area contributed by atoms with Gasteiger partial charge in [-0.3, -0.25) is 24.6 Å². The number of rotatable bonds is 5.